The second kappa shape index (κ2) is 2.65. The van der Waals surface area contributed by atoms with Crippen LogP contribution in [0.4, 0.5) is 0 Å². The molecule has 5 heteroatoms. The fourth-order valence-corrected chi connectivity index (χ4v) is 2.90. The van der Waals surface area contributed by atoms with E-state index < -0.39 is 0 Å². The van der Waals surface area contributed by atoms with Crippen LogP contribution in [0.3, 0.4) is 0 Å². The van der Waals surface area contributed by atoms with Gasteiger partial charge in [0.2, 0.25) is 0 Å². The Balaban J connectivity index is 2.19. The van der Waals surface area contributed by atoms with Crippen molar-refractivity contribution in [3.8, 4) is 0 Å². The second-order valence-electron chi connectivity index (χ2n) is 3.32. The highest BCUT2D eigenvalue weighted by Crippen LogP contribution is 2.45. The molecule has 4 nitrogen and oxygen atoms in total. The molecule has 2 heterocycles. The number of hydrogen-bond donors (Lipinski definition) is 3. The van der Waals surface area contributed by atoms with E-state index in [1.807, 2.05) is 23.9 Å². The molecule has 14 heavy (non-hydrogen) atoms. The van der Waals surface area contributed by atoms with Gasteiger partial charge in [0.15, 0.2) is 0 Å². The fraction of sp³-hybridized carbons (Fsp3) is 0.222. The second-order valence-corrected chi connectivity index (χ2v) is 4.38. The average Bonchev–Trinajstić information content (AvgIpc) is 2.61. The molecule has 72 valence electrons. The summed E-state index contributed by atoms with van der Waals surface area (Å²) >= 11 is 1.66. The summed E-state index contributed by atoms with van der Waals surface area (Å²) in [5.74, 6) is 0. The Hall–Kier alpha value is -1.20. The number of aliphatic imine (C=N–C) groups is 1. The van der Waals surface area contributed by atoms with Crippen LogP contribution in [0, 0.1) is 0 Å². The molecule has 3 aliphatic rings. The van der Waals surface area contributed by atoms with Crippen molar-refractivity contribution in [3.05, 3.63) is 35.3 Å². The highest BCUT2D eigenvalue weighted by Gasteiger charge is 2.45. The summed E-state index contributed by atoms with van der Waals surface area (Å²) in [6.07, 6.45) is 5.84. The number of nitrogens with zero attached hydrogens (tertiary/aromatic N) is 1. The molecule has 1 atom stereocenters. The largest absolute Gasteiger partial charge is 0.398 e. The first-order chi connectivity index (χ1) is 6.83. The SMILES string of the molecule is NC1=CC=C2N=CSC23NCNC=C13. The summed E-state index contributed by atoms with van der Waals surface area (Å²) < 4.78 is 0. The summed E-state index contributed by atoms with van der Waals surface area (Å²) in [7, 11) is 0. The van der Waals surface area contributed by atoms with E-state index in [0.717, 1.165) is 23.6 Å². The molecule has 1 spiro atoms. The lowest BCUT2D eigenvalue weighted by atomic mass is 9.95. The minimum absolute atomic E-state index is 0.232. The number of hydrogen-bond acceptors (Lipinski definition) is 5. The molecule has 0 bridgehead atoms. The van der Waals surface area contributed by atoms with Gasteiger partial charge in [-0.15, -0.1) is 0 Å². The van der Waals surface area contributed by atoms with Crippen LogP contribution in [0.2, 0.25) is 0 Å². The van der Waals surface area contributed by atoms with Gasteiger partial charge in [-0.25, -0.2) is 0 Å². The lowest BCUT2D eigenvalue weighted by molar-refractivity contribution is 0.531. The van der Waals surface area contributed by atoms with E-state index in [2.05, 4.69) is 15.6 Å². The Labute approximate surface area is 86.0 Å². The summed E-state index contributed by atoms with van der Waals surface area (Å²) in [6, 6.07) is 0. The molecule has 0 saturated heterocycles. The zero-order valence-corrected chi connectivity index (χ0v) is 8.27. The van der Waals surface area contributed by atoms with Crippen molar-refractivity contribution in [1.29, 1.82) is 0 Å². The maximum absolute atomic E-state index is 5.94. The maximum Gasteiger partial charge on any atom is 0.143 e. The van der Waals surface area contributed by atoms with Crippen molar-refractivity contribution in [2.45, 2.75) is 4.87 Å². The molecule has 3 rings (SSSR count). The van der Waals surface area contributed by atoms with Gasteiger partial charge in [-0.2, -0.15) is 0 Å². The molecule has 4 N–H and O–H groups in total. The van der Waals surface area contributed by atoms with Crippen LogP contribution in [0.15, 0.2) is 40.3 Å². The van der Waals surface area contributed by atoms with E-state index >= 15 is 0 Å². The zero-order chi connectivity index (χ0) is 9.60. The highest BCUT2D eigenvalue weighted by atomic mass is 32.2. The van der Waals surface area contributed by atoms with Gasteiger partial charge in [0, 0.05) is 17.5 Å². The molecule has 0 saturated carbocycles. The minimum Gasteiger partial charge on any atom is -0.398 e. The van der Waals surface area contributed by atoms with Crippen molar-refractivity contribution >= 4 is 17.3 Å². The monoisotopic (exact) mass is 206 g/mol. The number of allylic oxidation sites excluding steroid dienone is 2. The molecule has 1 unspecified atom stereocenters. The first-order valence-corrected chi connectivity index (χ1v) is 5.29. The van der Waals surface area contributed by atoms with Gasteiger partial charge in [-0.1, -0.05) is 11.8 Å². The number of nitrogens with two attached hydrogens (primary N) is 1. The molecule has 0 aromatic carbocycles. The van der Waals surface area contributed by atoms with E-state index in [0.29, 0.717) is 0 Å². The maximum atomic E-state index is 5.94. The Morgan fingerprint density at radius 1 is 1.50 bits per heavy atom. The van der Waals surface area contributed by atoms with Gasteiger partial charge in [0.05, 0.1) is 17.9 Å². The number of nitrogens with one attached hydrogen (secondary N) is 2. The van der Waals surface area contributed by atoms with Crippen LogP contribution in [0.1, 0.15) is 0 Å². The quantitative estimate of drug-likeness (QED) is 0.531. The van der Waals surface area contributed by atoms with Gasteiger partial charge >= 0.3 is 0 Å². The van der Waals surface area contributed by atoms with Crippen LogP contribution in [0.25, 0.3) is 0 Å². The first kappa shape index (κ1) is 8.14. The Morgan fingerprint density at radius 2 is 2.43 bits per heavy atom. The minimum atomic E-state index is -0.232. The van der Waals surface area contributed by atoms with E-state index in [9.17, 15) is 0 Å². The van der Waals surface area contributed by atoms with E-state index in [4.69, 9.17) is 5.73 Å². The van der Waals surface area contributed by atoms with Crippen molar-refractivity contribution in [1.82, 2.24) is 10.6 Å². The lowest BCUT2D eigenvalue weighted by Crippen LogP contribution is -2.52. The smallest absolute Gasteiger partial charge is 0.143 e. The van der Waals surface area contributed by atoms with Gasteiger partial charge in [0.25, 0.3) is 0 Å². The third-order valence-corrected chi connectivity index (χ3v) is 3.72. The first-order valence-electron chi connectivity index (χ1n) is 4.41. The van der Waals surface area contributed by atoms with Crippen molar-refractivity contribution in [2.75, 3.05) is 6.67 Å². The van der Waals surface area contributed by atoms with Crippen molar-refractivity contribution < 1.29 is 0 Å². The lowest BCUT2D eigenvalue weighted by Gasteiger charge is -2.37. The van der Waals surface area contributed by atoms with E-state index in [1.165, 1.54) is 0 Å². The zero-order valence-electron chi connectivity index (χ0n) is 7.45. The molecule has 0 radical (unpaired) electrons. The predicted molar refractivity (Wildman–Crippen MR) is 58.4 cm³/mol. The van der Waals surface area contributed by atoms with Crippen molar-refractivity contribution in [3.63, 3.8) is 0 Å². The van der Waals surface area contributed by atoms with Crippen LogP contribution < -0.4 is 16.4 Å². The number of rotatable bonds is 0. The Bertz CT molecular complexity index is 407. The predicted octanol–water partition coefficient (Wildman–Crippen LogP) is 0.232. The average molecular weight is 206 g/mol. The fourth-order valence-electron chi connectivity index (χ4n) is 1.88. The Kier molecular flexibility index (Phi) is 1.54. The van der Waals surface area contributed by atoms with Gasteiger partial charge in [-0.05, 0) is 12.2 Å². The van der Waals surface area contributed by atoms with Crippen LogP contribution in [0.5, 0.6) is 0 Å². The standard InChI is InChI=1S/C9H10N4S/c10-7-1-2-8-9(14-5-12-8)6(7)3-11-4-13-9/h1-3,5,11,13H,4,10H2. The molecule has 0 fully saturated rings. The van der Waals surface area contributed by atoms with Gasteiger partial charge < -0.3 is 11.1 Å². The summed E-state index contributed by atoms with van der Waals surface area (Å²) in [4.78, 5) is 4.10. The van der Waals surface area contributed by atoms with Crippen LogP contribution >= 0.6 is 11.8 Å². The van der Waals surface area contributed by atoms with E-state index in [1.54, 1.807) is 11.8 Å². The number of thioether (sulfide) groups is 1. The molecule has 2 aliphatic heterocycles. The topological polar surface area (TPSA) is 62.4 Å². The molecular formula is C9H10N4S. The molecule has 0 aromatic rings. The molecule has 0 aromatic heterocycles. The Morgan fingerprint density at radius 3 is 3.36 bits per heavy atom. The van der Waals surface area contributed by atoms with Crippen LogP contribution in [-0.2, 0) is 0 Å². The van der Waals surface area contributed by atoms with E-state index in [-0.39, 0.29) is 4.87 Å². The normalized spacial score (nSPS) is 33.6. The van der Waals surface area contributed by atoms with Crippen molar-refractivity contribution in [2.24, 2.45) is 10.7 Å². The third-order valence-electron chi connectivity index (χ3n) is 2.58. The molecule has 1 aliphatic carbocycles. The summed E-state index contributed by atoms with van der Waals surface area (Å²) in [5.41, 5.74) is 10.7. The molecular weight excluding hydrogens is 196 g/mol. The summed E-state index contributed by atoms with van der Waals surface area (Å²) in [6.45, 7) is 0.741. The van der Waals surface area contributed by atoms with Gasteiger partial charge in [-0.3, -0.25) is 10.3 Å². The summed E-state index contributed by atoms with van der Waals surface area (Å²) in [5, 5.41) is 6.53. The highest BCUT2D eigenvalue weighted by molar-refractivity contribution is 8.13. The van der Waals surface area contributed by atoms with Crippen LogP contribution in [-0.4, -0.2) is 17.1 Å². The molecule has 0 amide bonds. The van der Waals surface area contributed by atoms with Gasteiger partial charge in [0.1, 0.15) is 4.87 Å². The third kappa shape index (κ3) is 0.856.